The molecule has 23 heavy (non-hydrogen) atoms. The lowest BCUT2D eigenvalue weighted by atomic mass is 10.1. The monoisotopic (exact) mass is 308 g/mol. The van der Waals surface area contributed by atoms with Crippen molar-refractivity contribution in [3.8, 4) is 11.3 Å². The Morgan fingerprint density at radius 2 is 2.04 bits per heavy atom. The molecule has 0 spiro atoms. The van der Waals surface area contributed by atoms with Crippen LogP contribution in [0.15, 0.2) is 47.1 Å². The maximum Gasteiger partial charge on any atom is 0.270 e. The summed E-state index contributed by atoms with van der Waals surface area (Å²) < 4.78 is 5.16. The van der Waals surface area contributed by atoms with E-state index in [0.29, 0.717) is 23.7 Å². The average molecular weight is 308 g/mol. The Kier molecular flexibility index (Phi) is 4.14. The lowest BCUT2D eigenvalue weighted by molar-refractivity contribution is 0.0945. The minimum absolute atomic E-state index is 0.246. The van der Waals surface area contributed by atoms with Gasteiger partial charge in [-0.25, -0.2) is 4.98 Å². The van der Waals surface area contributed by atoms with Crippen LogP contribution in [0.1, 0.15) is 27.6 Å². The quantitative estimate of drug-likeness (QED) is 0.801. The Morgan fingerprint density at radius 3 is 2.74 bits per heavy atom. The molecule has 3 aromatic rings. The third-order valence-corrected chi connectivity index (χ3v) is 3.43. The zero-order valence-corrected chi connectivity index (χ0v) is 12.9. The number of carbonyl (C=O) groups excluding carboxylic acids is 1. The highest BCUT2D eigenvalue weighted by atomic mass is 16.5. The molecule has 0 fully saturated rings. The fourth-order valence-corrected chi connectivity index (χ4v) is 2.31. The zero-order valence-electron chi connectivity index (χ0n) is 12.9. The summed E-state index contributed by atoms with van der Waals surface area (Å²) in [6.45, 7) is 4.03. The first-order valence-corrected chi connectivity index (χ1v) is 7.23. The van der Waals surface area contributed by atoms with Crippen LogP contribution in [0.4, 0.5) is 0 Å². The first kappa shape index (κ1) is 14.9. The van der Waals surface area contributed by atoms with Gasteiger partial charge < -0.3 is 9.84 Å². The van der Waals surface area contributed by atoms with Crippen LogP contribution >= 0.6 is 0 Å². The van der Waals surface area contributed by atoms with Crippen LogP contribution in [-0.2, 0) is 6.54 Å². The van der Waals surface area contributed by atoms with Crippen LogP contribution in [0.5, 0.6) is 0 Å². The average Bonchev–Trinajstić information content (AvgIpc) is 2.92. The van der Waals surface area contributed by atoms with Gasteiger partial charge in [0.2, 0.25) is 0 Å². The summed E-state index contributed by atoms with van der Waals surface area (Å²) in [5.74, 6) is 0.435. The molecule has 6 nitrogen and oxygen atoms in total. The van der Waals surface area contributed by atoms with Gasteiger partial charge in [0.25, 0.3) is 5.91 Å². The number of pyridine rings is 2. The summed E-state index contributed by atoms with van der Waals surface area (Å²) in [4.78, 5) is 20.9. The number of amides is 1. The molecule has 3 rings (SSSR count). The van der Waals surface area contributed by atoms with Crippen LogP contribution in [-0.4, -0.2) is 21.0 Å². The molecule has 0 aliphatic heterocycles. The van der Waals surface area contributed by atoms with Crippen molar-refractivity contribution in [3.63, 3.8) is 0 Å². The predicted octanol–water partition coefficient (Wildman–Crippen LogP) is 2.68. The van der Waals surface area contributed by atoms with E-state index in [1.165, 1.54) is 0 Å². The number of nitrogens with one attached hydrogen (secondary N) is 1. The predicted molar refractivity (Wildman–Crippen MR) is 84.6 cm³/mol. The van der Waals surface area contributed by atoms with Crippen LogP contribution in [0.25, 0.3) is 11.3 Å². The highest BCUT2D eigenvalue weighted by Gasteiger charge is 2.15. The van der Waals surface area contributed by atoms with Gasteiger partial charge in [0.05, 0.1) is 29.2 Å². The summed E-state index contributed by atoms with van der Waals surface area (Å²) >= 11 is 0. The third kappa shape index (κ3) is 3.26. The van der Waals surface area contributed by atoms with E-state index in [2.05, 4.69) is 20.4 Å². The second-order valence-electron chi connectivity index (χ2n) is 5.11. The number of hydrogen-bond acceptors (Lipinski definition) is 5. The Bertz CT molecular complexity index is 808. The van der Waals surface area contributed by atoms with Gasteiger partial charge in [-0.2, -0.15) is 0 Å². The number of carbonyl (C=O) groups is 1. The third-order valence-electron chi connectivity index (χ3n) is 3.43. The summed E-state index contributed by atoms with van der Waals surface area (Å²) in [5, 5.41) is 6.73. The van der Waals surface area contributed by atoms with Crippen molar-refractivity contribution >= 4 is 5.91 Å². The highest BCUT2D eigenvalue weighted by molar-refractivity contribution is 5.92. The summed E-state index contributed by atoms with van der Waals surface area (Å²) in [6, 6.07) is 10.9. The van der Waals surface area contributed by atoms with Gasteiger partial charge >= 0.3 is 0 Å². The lowest BCUT2D eigenvalue weighted by Gasteiger charge is -2.06. The van der Waals surface area contributed by atoms with Gasteiger partial charge in [-0.1, -0.05) is 17.3 Å². The van der Waals surface area contributed by atoms with Crippen molar-refractivity contribution < 1.29 is 9.32 Å². The van der Waals surface area contributed by atoms with E-state index < -0.39 is 0 Å². The van der Waals surface area contributed by atoms with Gasteiger partial charge in [-0.05, 0) is 38.1 Å². The molecule has 0 saturated carbocycles. The fourth-order valence-electron chi connectivity index (χ4n) is 2.31. The standard InChI is InChI=1S/C17H16N4O2/c1-11-16(12(2)23-21-11)14-7-5-8-15(20-14)17(22)19-10-13-6-3-4-9-18-13/h3-9H,10H2,1-2H3,(H,19,22). The van der Waals surface area contributed by atoms with Gasteiger partial charge in [0.15, 0.2) is 0 Å². The molecule has 3 heterocycles. The van der Waals surface area contributed by atoms with E-state index in [9.17, 15) is 4.79 Å². The van der Waals surface area contributed by atoms with Gasteiger partial charge in [0, 0.05) is 6.20 Å². The SMILES string of the molecule is Cc1noc(C)c1-c1cccc(C(=O)NCc2ccccn2)n1. The molecule has 1 N–H and O–H groups in total. The van der Waals surface area contributed by atoms with Gasteiger partial charge in [-0.3, -0.25) is 9.78 Å². The Hall–Kier alpha value is -3.02. The molecule has 6 heteroatoms. The molecule has 1 amide bonds. The Balaban J connectivity index is 1.78. The molecule has 0 atom stereocenters. The Morgan fingerprint density at radius 1 is 1.17 bits per heavy atom. The number of aromatic nitrogens is 3. The first-order chi connectivity index (χ1) is 11.1. The number of aryl methyl sites for hydroxylation is 2. The molecule has 116 valence electrons. The minimum atomic E-state index is -0.246. The van der Waals surface area contributed by atoms with Crippen LogP contribution < -0.4 is 5.32 Å². The van der Waals surface area contributed by atoms with Crippen molar-refractivity contribution in [3.05, 3.63) is 65.4 Å². The Labute approximate surface area is 133 Å². The topological polar surface area (TPSA) is 80.9 Å². The summed E-state index contributed by atoms with van der Waals surface area (Å²) in [6.07, 6.45) is 1.69. The van der Waals surface area contributed by atoms with Crippen molar-refractivity contribution in [1.29, 1.82) is 0 Å². The summed E-state index contributed by atoms with van der Waals surface area (Å²) in [7, 11) is 0. The van der Waals surface area contributed by atoms with Crippen molar-refractivity contribution in [2.24, 2.45) is 0 Å². The maximum absolute atomic E-state index is 12.3. The van der Waals surface area contributed by atoms with Crippen molar-refractivity contribution in [2.45, 2.75) is 20.4 Å². The van der Waals surface area contributed by atoms with E-state index in [4.69, 9.17) is 4.52 Å². The molecular weight excluding hydrogens is 292 g/mol. The molecule has 3 aromatic heterocycles. The lowest BCUT2D eigenvalue weighted by Crippen LogP contribution is -2.24. The fraction of sp³-hybridized carbons (Fsp3) is 0.176. The molecule has 0 aliphatic carbocycles. The number of nitrogens with zero attached hydrogens (tertiary/aromatic N) is 3. The van der Waals surface area contributed by atoms with Gasteiger partial charge in [-0.15, -0.1) is 0 Å². The highest BCUT2D eigenvalue weighted by Crippen LogP contribution is 2.24. The molecule has 0 saturated heterocycles. The number of hydrogen-bond donors (Lipinski definition) is 1. The molecule has 0 unspecified atom stereocenters. The molecular formula is C17H16N4O2. The van der Waals surface area contributed by atoms with E-state index in [1.807, 2.05) is 38.1 Å². The first-order valence-electron chi connectivity index (χ1n) is 7.23. The van der Waals surface area contributed by atoms with Crippen molar-refractivity contribution in [2.75, 3.05) is 0 Å². The number of rotatable bonds is 4. The van der Waals surface area contributed by atoms with Crippen LogP contribution in [0.3, 0.4) is 0 Å². The molecule has 0 bridgehead atoms. The van der Waals surface area contributed by atoms with Crippen molar-refractivity contribution in [1.82, 2.24) is 20.4 Å². The van der Waals surface area contributed by atoms with E-state index in [0.717, 1.165) is 17.0 Å². The van der Waals surface area contributed by atoms with Crippen LogP contribution in [0.2, 0.25) is 0 Å². The van der Waals surface area contributed by atoms with E-state index in [1.54, 1.807) is 18.3 Å². The molecule has 0 aliphatic rings. The zero-order chi connectivity index (χ0) is 16.2. The maximum atomic E-state index is 12.3. The van der Waals surface area contributed by atoms with E-state index in [-0.39, 0.29) is 5.91 Å². The van der Waals surface area contributed by atoms with E-state index >= 15 is 0 Å². The largest absolute Gasteiger partial charge is 0.361 e. The minimum Gasteiger partial charge on any atom is -0.361 e. The molecule has 0 radical (unpaired) electrons. The van der Waals surface area contributed by atoms with Gasteiger partial charge in [0.1, 0.15) is 11.5 Å². The molecule has 0 aromatic carbocycles. The normalized spacial score (nSPS) is 10.5. The summed E-state index contributed by atoms with van der Waals surface area (Å²) in [5.41, 5.74) is 3.39. The second-order valence-corrected chi connectivity index (χ2v) is 5.11. The smallest absolute Gasteiger partial charge is 0.270 e. The van der Waals surface area contributed by atoms with Crippen LogP contribution in [0, 0.1) is 13.8 Å². The second kappa shape index (κ2) is 6.39.